The molecule has 1 heterocycles. The van der Waals surface area contributed by atoms with Crippen molar-refractivity contribution in [1.29, 1.82) is 0 Å². The molecule has 0 aliphatic rings. The molecule has 0 aliphatic heterocycles. The van der Waals surface area contributed by atoms with Gasteiger partial charge < -0.3 is 15.7 Å². The zero-order valence-corrected chi connectivity index (χ0v) is 8.10. The van der Waals surface area contributed by atoms with Gasteiger partial charge in [-0.15, -0.1) is 0 Å². The molecule has 0 fully saturated rings. The van der Waals surface area contributed by atoms with E-state index in [-0.39, 0.29) is 16.7 Å². The zero-order valence-electron chi connectivity index (χ0n) is 7.28. The summed E-state index contributed by atoms with van der Waals surface area (Å²) in [5.41, 5.74) is 5.08. The molecule has 0 spiro atoms. The lowest BCUT2D eigenvalue weighted by Crippen LogP contribution is -2.09. The smallest absolute Gasteiger partial charge is 0.344 e. The summed E-state index contributed by atoms with van der Waals surface area (Å²) in [7, 11) is 0. The van der Waals surface area contributed by atoms with Crippen molar-refractivity contribution >= 4 is 34.6 Å². The molecule has 9 heteroatoms. The fourth-order valence-corrected chi connectivity index (χ4v) is 1.05. The molecule has 1 aromatic heterocycles. The number of nitrogens with two attached hydrogens (primary N) is 1. The predicted octanol–water partition coefficient (Wildman–Crippen LogP) is -0.876. The average Bonchev–Trinajstić information content (AvgIpc) is 2.59. The molecule has 0 saturated carbocycles. The Labute approximate surface area is 87.5 Å². The van der Waals surface area contributed by atoms with Crippen LogP contribution in [0, 0.1) is 0 Å². The van der Waals surface area contributed by atoms with Gasteiger partial charge >= 0.3 is 5.97 Å². The Hall–Kier alpha value is -2.03. The van der Waals surface area contributed by atoms with E-state index in [1.807, 2.05) is 0 Å². The highest BCUT2D eigenvalue weighted by Crippen LogP contribution is 2.05. The van der Waals surface area contributed by atoms with Gasteiger partial charge in [0.25, 0.3) is 0 Å². The first-order valence-corrected chi connectivity index (χ1v) is 4.37. The summed E-state index contributed by atoms with van der Waals surface area (Å²) in [4.78, 5) is 28.6. The maximum atomic E-state index is 10.5. The second-order valence-electron chi connectivity index (χ2n) is 2.22. The largest absolute Gasteiger partial charge is 0.479 e. The van der Waals surface area contributed by atoms with Gasteiger partial charge in [-0.1, -0.05) is 5.16 Å². The molecule has 0 aromatic carbocycles. The number of hydrogen-bond donors (Lipinski definition) is 2. The first-order valence-electron chi connectivity index (χ1n) is 3.60. The van der Waals surface area contributed by atoms with Crippen LogP contribution in [0.4, 0.5) is 5.13 Å². The first kappa shape index (κ1) is 11.0. The van der Waals surface area contributed by atoms with Crippen LogP contribution >= 0.6 is 11.5 Å². The number of hydrogen-bond acceptors (Lipinski definition) is 8. The third-order valence-corrected chi connectivity index (χ3v) is 1.68. The quantitative estimate of drug-likeness (QED) is 0.382. The molecular formula is C6H6N4O4S. The molecule has 8 nitrogen and oxygen atoms in total. The van der Waals surface area contributed by atoms with Crippen molar-refractivity contribution < 1.29 is 19.5 Å². The van der Waals surface area contributed by atoms with Crippen LogP contribution in [0.3, 0.4) is 0 Å². The van der Waals surface area contributed by atoms with Crippen LogP contribution < -0.4 is 5.73 Å². The number of carboxylic acids is 1. The summed E-state index contributed by atoms with van der Waals surface area (Å²) in [6.45, 7) is -0.642. The number of carbonyl (C=O) groups is 2. The maximum Gasteiger partial charge on any atom is 0.344 e. The number of aromatic nitrogens is 2. The van der Waals surface area contributed by atoms with E-state index < -0.39 is 12.6 Å². The molecule has 80 valence electrons. The maximum absolute atomic E-state index is 10.5. The number of aliphatic carboxylic acids is 1. The number of nitrogen functional groups attached to an aromatic ring is 1. The zero-order chi connectivity index (χ0) is 11.3. The summed E-state index contributed by atoms with van der Waals surface area (Å²) in [5, 5.41) is 11.7. The van der Waals surface area contributed by atoms with E-state index in [1.165, 1.54) is 0 Å². The molecular weight excluding hydrogens is 224 g/mol. The second kappa shape index (κ2) is 5.00. The molecule has 15 heavy (non-hydrogen) atoms. The molecule has 0 radical (unpaired) electrons. The lowest BCUT2D eigenvalue weighted by atomic mass is 10.4. The topological polar surface area (TPSA) is 128 Å². The first-order chi connectivity index (χ1) is 7.13. The van der Waals surface area contributed by atoms with Gasteiger partial charge in [-0.25, -0.2) is 4.79 Å². The third-order valence-electron chi connectivity index (χ3n) is 1.13. The molecule has 0 unspecified atom stereocenters. The molecule has 1 rings (SSSR count). The molecule has 0 bridgehead atoms. The van der Waals surface area contributed by atoms with Gasteiger partial charge in [0, 0.05) is 11.5 Å². The predicted molar refractivity (Wildman–Crippen MR) is 50.5 cm³/mol. The van der Waals surface area contributed by atoms with Crippen molar-refractivity contribution in [1.82, 2.24) is 9.36 Å². The van der Waals surface area contributed by atoms with Crippen LogP contribution in [0.15, 0.2) is 5.16 Å². The Kier molecular flexibility index (Phi) is 3.68. The SMILES string of the molecule is Nc1nc(C(C=O)=NOCC(=O)O)ns1. The lowest BCUT2D eigenvalue weighted by Gasteiger charge is -1.94. The van der Waals surface area contributed by atoms with Crippen molar-refractivity contribution in [3.63, 3.8) is 0 Å². The van der Waals surface area contributed by atoms with E-state index in [4.69, 9.17) is 10.8 Å². The average molecular weight is 230 g/mol. The van der Waals surface area contributed by atoms with Gasteiger partial charge in [-0.3, -0.25) is 4.79 Å². The molecule has 0 aliphatic carbocycles. The summed E-state index contributed by atoms with van der Waals surface area (Å²) < 4.78 is 3.70. The van der Waals surface area contributed by atoms with Crippen molar-refractivity contribution in [3.05, 3.63) is 5.82 Å². The van der Waals surface area contributed by atoms with Crippen molar-refractivity contribution in [2.45, 2.75) is 0 Å². The number of aldehydes is 1. The highest BCUT2D eigenvalue weighted by Gasteiger charge is 2.09. The highest BCUT2D eigenvalue weighted by atomic mass is 32.1. The number of anilines is 1. The minimum absolute atomic E-state index is 0.0119. The summed E-state index contributed by atoms with van der Waals surface area (Å²) in [6.07, 6.45) is 0.351. The van der Waals surface area contributed by atoms with Gasteiger partial charge in [0.2, 0.25) is 6.61 Å². The lowest BCUT2D eigenvalue weighted by molar-refractivity contribution is -0.142. The number of carboxylic acid groups (broad SMARTS) is 1. The minimum Gasteiger partial charge on any atom is -0.479 e. The molecule has 3 N–H and O–H groups in total. The Balaban J connectivity index is 2.71. The van der Waals surface area contributed by atoms with Crippen molar-refractivity contribution in [2.75, 3.05) is 12.3 Å². The molecule has 0 amide bonds. The van der Waals surface area contributed by atoms with E-state index >= 15 is 0 Å². The standard InChI is InChI=1S/C6H6N4O4S/c7-6-8-5(10-15-6)3(1-11)9-14-2-4(12)13/h1H,2H2,(H,12,13)(H2,7,8,10). The van der Waals surface area contributed by atoms with Crippen LogP contribution in [0.1, 0.15) is 5.82 Å². The Bertz CT molecular complexity index is 402. The minimum atomic E-state index is -1.20. The molecule has 0 saturated heterocycles. The van der Waals surface area contributed by atoms with Crippen LogP contribution in [0.2, 0.25) is 0 Å². The highest BCUT2D eigenvalue weighted by molar-refractivity contribution is 7.09. The third kappa shape index (κ3) is 3.31. The Morgan fingerprint density at radius 3 is 2.93 bits per heavy atom. The van der Waals surface area contributed by atoms with E-state index in [0.29, 0.717) is 6.29 Å². The van der Waals surface area contributed by atoms with Crippen LogP contribution in [0.5, 0.6) is 0 Å². The van der Waals surface area contributed by atoms with Crippen LogP contribution in [-0.2, 0) is 14.4 Å². The summed E-state index contributed by atoms with van der Waals surface area (Å²) in [6, 6.07) is 0. The van der Waals surface area contributed by atoms with Gasteiger partial charge in [-0.2, -0.15) is 9.36 Å². The summed E-state index contributed by atoms with van der Waals surface area (Å²) in [5.74, 6) is -1.19. The van der Waals surface area contributed by atoms with E-state index in [1.54, 1.807) is 0 Å². The van der Waals surface area contributed by atoms with Crippen LogP contribution in [-0.4, -0.2) is 39.0 Å². The second-order valence-corrected chi connectivity index (χ2v) is 3.00. The van der Waals surface area contributed by atoms with Gasteiger partial charge in [-0.05, 0) is 0 Å². The van der Waals surface area contributed by atoms with E-state index in [2.05, 4.69) is 19.4 Å². The van der Waals surface area contributed by atoms with Gasteiger partial charge in [0.05, 0.1) is 0 Å². The van der Waals surface area contributed by atoms with Crippen LogP contribution in [0.25, 0.3) is 0 Å². The van der Waals surface area contributed by atoms with E-state index in [9.17, 15) is 9.59 Å². The normalized spacial score (nSPS) is 11.1. The number of oxime groups is 1. The van der Waals surface area contributed by atoms with Crippen molar-refractivity contribution in [3.8, 4) is 0 Å². The number of nitrogens with zero attached hydrogens (tertiary/aromatic N) is 3. The van der Waals surface area contributed by atoms with Gasteiger partial charge in [0.15, 0.2) is 23.0 Å². The van der Waals surface area contributed by atoms with Crippen molar-refractivity contribution in [2.24, 2.45) is 5.16 Å². The molecule has 1 aromatic rings. The fourth-order valence-electron chi connectivity index (χ4n) is 0.611. The molecule has 0 atom stereocenters. The fraction of sp³-hybridized carbons (Fsp3) is 0.167. The Morgan fingerprint density at radius 1 is 1.73 bits per heavy atom. The Morgan fingerprint density at radius 2 is 2.47 bits per heavy atom. The summed E-state index contributed by atoms with van der Waals surface area (Å²) >= 11 is 0.893. The number of rotatable bonds is 5. The van der Waals surface area contributed by atoms with Gasteiger partial charge in [0.1, 0.15) is 0 Å². The number of carbonyl (C=O) groups excluding carboxylic acids is 1. The van der Waals surface area contributed by atoms with E-state index in [0.717, 1.165) is 11.5 Å². The monoisotopic (exact) mass is 230 g/mol.